The van der Waals surface area contributed by atoms with Crippen molar-refractivity contribution in [2.75, 3.05) is 0 Å². The van der Waals surface area contributed by atoms with Gasteiger partial charge in [-0.25, -0.2) is 0 Å². The fourth-order valence-corrected chi connectivity index (χ4v) is 0. The van der Waals surface area contributed by atoms with Gasteiger partial charge in [-0.15, -0.1) is 0 Å². The zero-order chi connectivity index (χ0) is 0. The van der Waals surface area contributed by atoms with Crippen molar-refractivity contribution < 1.29 is 211 Å². The van der Waals surface area contributed by atoms with Gasteiger partial charge in [0.25, 0.3) is 0 Å². The molecule has 0 aromatic heterocycles. The summed E-state index contributed by atoms with van der Waals surface area (Å²) in [4.78, 5) is 0. The summed E-state index contributed by atoms with van der Waals surface area (Å²) in [6.45, 7) is 0. The summed E-state index contributed by atoms with van der Waals surface area (Å²) in [5.74, 6) is 0. The van der Waals surface area contributed by atoms with Gasteiger partial charge < -0.3 is 0 Å². The molecule has 0 heterocycles. The number of hydrogen-bond donors (Lipinski definition) is 0. The number of rotatable bonds is 0. The average molecular weight is 1040 g/mol. The Morgan fingerprint density at radius 2 is 0.222 bits per heavy atom. The summed E-state index contributed by atoms with van der Waals surface area (Å²) in [5, 5.41) is 0. The van der Waals surface area contributed by atoms with Crippen molar-refractivity contribution in [3.8, 4) is 0 Å². The third kappa shape index (κ3) is 52.2. The molecule has 80 valence electrons. The van der Waals surface area contributed by atoms with Crippen LogP contribution in [-0.2, 0) is 136 Å². The van der Waals surface area contributed by atoms with E-state index >= 15 is 0 Å². The van der Waals surface area contributed by atoms with Crippen LogP contribution in [0.25, 0.3) is 0 Å². The Hall–Kier alpha value is 6.86. The third-order valence-corrected chi connectivity index (χ3v) is 0. The first-order valence-electron chi connectivity index (χ1n) is 0. The van der Waals surface area contributed by atoms with Crippen LogP contribution in [0.3, 0.4) is 0 Å². The molecule has 9 heteroatoms. The van der Waals surface area contributed by atoms with Crippen LogP contribution in [0.4, 0.5) is 0 Å². The predicted octanol–water partition coefficient (Wildman–Crippen LogP) is -0.0175. The van der Waals surface area contributed by atoms with Gasteiger partial charge >= 0.3 is 0 Å². The van der Waals surface area contributed by atoms with Crippen molar-refractivity contribution in [3.63, 3.8) is 0 Å². The molecule has 0 saturated carbocycles. The van der Waals surface area contributed by atoms with E-state index in [9.17, 15) is 0 Å². The topological polar surface area (TPSA) is 0 Å². The van der Waals surface area contributed by atoms with Gasteiger partial charge in [0.05, 0.1) is 0 Å². The molecule has 9 heavy (non-hydrogen) atoms. The fraction of sp³-hybridized carbons (Fsp3) is 0. The normalized spacial score (nSPS) is 0. The minimum absolute atomic E-state index is 0. The van der Waals surface area contributed by atoms with Crippen LogP contribution in [0.5, 0.6) is 0 Å². The van der Waals surface area contributed by atoms with E-state index < -0.39 is 0 Å². The van der Waals surface area contributed by atoms with Gasteiger partial charge in [-0.3, -0.25) is 0 Å². The van der Waals surface area contributed by atoms with Crippen LogP contribution in [-0.4, -0.2) is 0 Å². The van der Waals surface area contributed by atoms with Crippen LogP contribution >= 0.6 is 0 Å². The minimum Gasteiger partial charge on any atom is 0 e. The largest absolute Gasteiger partial charge is 0 e. The van der Waals surface area contributed by atoms with E-state index in [0.717, 1.165) is 0 Å². The molecule has 0 aliphatic rings. The zero-order valence-corrected chi connectivity index (χ0v) is 18.9. The molecule has 0 fully saturated rings. The van der Waals surface area contributed by atoms with Crippen molar-refractivity contribution >= 4 is 0 Å². The molecule has 0 saturated heterocycles. The molecule has 0 aliphatic carbocycles. The fourth-order valence-electron chi connectivity index (χ4n) is 0. The van der Waals surface area contributed by atoms with Crippen molar-refractivity contribution in [2.45, 2.75) is 0 Å². The van der Waals surface area contributed by atoms with Crippen LogP contribution in [0.1, 0.15) is 0 Å². The maximum atomic E-state index is 0. The van der Waals surface area contributed by atoms with Crippen LogP contribution < -0.4 is 0 Å². The van der Waals surface area contributed by atoms with E-state index in [1.165, 1.54) is 0 Å². The van der Waals surface area contributed by atoms with Crippen LogP contribution in [0.2, 0.25) is 0 Å². The van der Waals surface area contributed by atoms with Crippen molar-refractivity contribution in [1.29, 1.82) is 0 Å². The SMILES string of the molecule is [Er].[Er].[Ru].[Ru].[Ru].[Ru].[Ru].[Ru].[Ru]. The van der Waals surface area contributed by atoms with E-state index in [4.69, 9.17) is 0 Å². The Morgan fingerprint density at radius 1 is 0.222 bits per heavy atom. The second-order valence-corrected chi connectivity index (χ2v) is 0. The summed E-state index contributed by atoms with van der Waals surface area (Å²) < 4.78 is 0. The zero-order valence-electron chi connectivity index (χ0n) is 3.05. The molecule has 0 unspecified atom stereocenters. The summed E-state index contributed by atoms with van der Waals surface area (Å²) in [6, 6.07) is 0. The number of hydrogen-bond acceptors (Lipinski definition) is 0. The summed E-state index contributed by atoms with van der Waals surface area (Å²) in [5.41, 5.74) is 0. The summed E-state index contributed by atoms with van der Waals surface area (Å²) in [6.07, 6.45) is 0. The smallest absolute Gasteiger partial charge is 0 e. The Kier molecular flexibility index (Phi) is 502. The minimum atomic E-state index is 0. The van der Waals surface area contributed by atoms with Crippen LogP contribution in [0.15, 0.2) is 0 Å². The van der Waals surface area contributed by atoms with E-state index in [1.54, 1.807) is 0 Å². The second kappa shape index (κ2) is 60.7. The first kappa shape index (κ1) is 74.4. The third-order valence-electron chi connectivity index (χ3n) is 0. The molecule has 0 atom stereocenters. The maximum absolute atomic E-state index is 0. The molecule has 0 bridgehead atoms. The first-order valence-corrected chi connectivity index (χ1v) is 0. The van der Waals surface area contributed by atoms with Gasteiger partial charge in [0.15, 0.2) is 0 Å². The average Bonchev–Trinajstić information content (AvgIpc) is 0. The molecule has 0 radical (unpaired) electrons. The Bertz CT molecular complexity index is 6.88. The molecular weight excluding hydrogens is 1040 g/mol. The molecule has 0 aromatic rings. The van der Waals surface area contributed by atoms with E-state index in [-0.39, 0.29) is 211 Å². The van der Waals surface area contributed by atoms with E-state index in [0.29, 0.717) is 0 Å². The Balaban J connectivity index is 0. The maximum Gasteiger partial charge on any atom is 0 e. The van der Waals surface area contributed by atoms with Gasteiger partial charge in [-0.2, -0.15) is 0 Å². The predicted molar refractivity (Wildman–Crippen MR) is 0 cm³/mol. The molecular formula is Er2Ru7. The molecule has 0 nitrogen and oxygen atoms in total. The van der Waals surface area contributed by atoms with E-state index in [1.807, 2.05) is 0 Å². The quantitative estimate of drug-likeness (QED) is 0.300. The first-order chi connectivity index (χ1) is 0. The summed E-state index contributed by atoms with van der Waals surface area (Å²) in [7, 11) is 0. The molecule has 0 rings (SSSR count). The van der Waals surface area contributed by atoms with Crippen molar-refractivity contribution in [1.82, 2.24) is 0 Å². The van der Waals surface area contributed by atoms with Crippen LogP contribution in [0, 0.1) is 74.6 Å². The van der Waals surface area contributed by atoms with Gasteiger partial charge in [0.1, 0.15) is 0 Å². The molecule has 0 aliphatic heterocycles. The second-order valence-electron chi connectivity index (χ2n) is 0. The molecule has 0 aromatic carbocycles. The summed E-state index contributed by atoms with van der Waals surface area (Å²) >= 11 is 0. The van der Waals surface area contributed by atoms with Crippen molar-refractivity contribution in [3.05, 3.63) is 0 Å². The van der Waals surface area contributed by atoms with E-state index in [2.05, 4.69) is 0 Å². The van der Waals surface area contributed by atoms with Gasteiger partial charge in [-0.05, 0) is 0 Å². The van der Waals surface area contributed by atoms with Gasteiger partial charge in [0.2, 0.25) is 0 Å². The molecule has 0 spiro atoms. The Morgan fingerprint density at radius 3 is 0.222 bits per heavy atom. The monoisotopic (exact) mass is 1050 g/mol. The molecule has 0 amide bonds. The van der Waals surface area contributed by atoms with Gasteiger partial charge in [0, 0.05) is 211 Å². The van der Waals surface area contributed by atoms with Gasteiger partial charge in [-0.1, -0.05) is 0 Å². The Labute approximate surface area is 205 Å². The molecule has 0 N–H and O–H groups in total. The standard InChI is InChI=1S/2Er.7Ru. The van der Waals surface area contributed by atoms with Crippen molar-refractivity contribution in [2.24, 2.45) is 0 Å².